The topological polar surface area (TPSA) is 29.5 Å². The first-order valence-electron chi connectivity index (χ1n) is 8.51. The number of halogens is 2. The molecule has 0 heterocycles. The molecule has 1 aliphatic carbocycles. The van der Waals surface area contributed by atoms with Crippen molar-refractivity contribution < 1.29 is 9.53 Å². The van der Waals surface area contributed by atoms with E-state index in [1.807, 2.05) is 0 Å². The van der Waals surface area contributed by atoms with Gasteiger partial charge in [0.15, 0.2) is 8.32 Å². The van der Waals surface area contributed by atoms with Crippen LogP contribution >= 0.6 is 31.9 Å². The molecule has 3 atom stereocenters. The molecule has 0 unspecified atom stereocenters. The fraction of sp³-hybridized carbons (Fsp3) is 0.882. The van der Waals surface area contributed by atoms with Crippen LogP contribution in [-0.2, 0) is 4.43 Å². The number of alkyl halides is 1. The summed E-state index contributed by atoms with van der Waals surface area (Å²) >= 11 is 7.49. The number of hydrogen-bond donors (Lipinski definition) is 1. The van der Waals surface area contributed by atoms with Gasteiger partial charge in [-0.1, -0.05) is 77.8 Å². The lowest BCUT2D eigenvalue weighted by molar-refractivity contribution is 0.0401. The maximum absolute atomic E-state index is 10.7. The van der Waals surface area contributed by atoms with E-state index in [0.717, 1.165) is 18.2 Å². The second-order valence-corrected chi connectivity index (χ2v) is 21.3. The Hall–Kier alpha value is 1.05. The average Bonchev–Trinajstić information content (AvgIpc) is 2.34. The largest absolute Gasteiger partial charge is 0.414 e. The molecule has 0 amide bonds. The Morgan fingerprint density at radius 1 is 1.22 bits per heavy atom. The van der Waals surface area contributed by atoms with E-state index in [1.165, 1.54) is 9.68 Å². The molecule has 0 saturated heterocycles. The first kappa shape index (κ1) is 22.1. The van der Waals surface area contributed by atoms with E-state index < -0.39 is 16.4 Å². The van der Waals surface area contributed by atoms with Crippen LogP contribution in [0.1, 0.15) is 33.6 Å². The first-order valence-corrected chi connectivity index (χ1v) is 16.8. The highest BCUT2D eigenvalue weighted by Gasteiger charge is 2.43. The minimum absolute atomic E-state index is 0.139. The van der Waals surface area contributed by atoms with Crippen LogP contribution in [0.25, 0.3) is 0 Å². The van der Waals surface area contributed by atoms with Gasteiger partial charge in [-0.15, -0.1) is 0 Å². The van der Waals surface area contributed by atoms with Gasteiger partial charge in [-0.05, 0) is 35.1 Å². The van der Waals surface area contributed by atoms with E-state index in [0.29, 0.717) is 0 Å². The van der Waals surface area contributed by atoms with Crippen molar-refractivity contribution in [2.24, 2.45) is 5.92 Å². The third-order valence-electron chi connectivity index (χ3n) is 5.24. The Balaban J connectivity index is 3.10. The van der Waals surface area contributed by atoms with Crippen molar-refractivity contribution in [1.29, 1.82) is 0 Å². The summed E-state index contributed by atoms with van der Waals surface area (Å²) in [6.45, 7) is 18.5. The van der Waals surface area contributed by atoms with Crippen LogP contribution in [0.5, 0.6) is 0 Å². The molecule has 0 spiro atoms. The molecule has 1 saturated carbocycles. The molecule has 1 N–H and O–H groups in total. The molecule has 136 valence electrons. The molecule has 0 aliphatic heterocycles. The van der Waals surface area contributed by atoms with Crippen molar-refractivity contribution in [2.75, 3.05) is 5.33 Å². The molecule has 1 rings (SSSR count). The van der Waals surface area contributed by atoms with Crippen LogP contribution in [0, 0.1) is 5.92 Å². The number of rotatable bonds is 4. The maximum Gasteiger partial charge on any atom is 0.192 e. The Morgan fingerprint density at radius 2 is 1.74 bits per heavy atom. The SMILES string of the molecule is CC(C)(C)[Si](C)(C)O[C@@H]1CC(=C(Br)[Si](C)(C)C)[C@H](CBr)[C@@H](O)C1. The number of aliphatic hydroxyl groups excluding tert-OH is 1. The molecule has 0 bridgehead atoms. The Kier molecular flexibility index (Phi) is 7.44. The van der Waals surface area contributed by atoms with Crippen LogP contribution in [0.2, 0.25) is 37.8 Å². The molecule has 1 aliphatic rings. The van der Waals surface area contributed by atoms with Gasteiger partial charge in [-0.2, -0.15) is 0 Å². The van der Waals surface area contributed by atoms with Crippen LogP contribution in [0.15, 0.2) is 9.68 Å². The van der Waals surface area contributed by atoms with E-state index in [1.54, 1.807) is 0 Å². The second kappa shape index (κ2) is 7.74. The highest BCUT2D eigenvalue weighted by molar-refractivity contribution is 9.12. The summed E-state index contributed by atoms with van der Waals surface area (Å²) in [7, 11) is -3.25. The third-order valence-corrected chi connectivity index (χ3v) is 16.2. The lowest BCUT2D eigenvalue weighted by Gasteiger charge is -2.44. The predicted molar refractivity (Wildman–Crippen MR) is 114 cm³/mol. The van der Waals surface area contributed by atoms with Crippen molar-refractivity contribution in [1.82, 2.24) is 0 Å². The van der Waals surface area contributed by atoms with Gasteiger partial charge in [0.2, 0.25) is 0 Å². The first-order chi connectivity index (χ1) is 10.2. The Morgan fingerprint density at radius 3 is 2.13 bits per heavy atom. The van der Waals surface area contributed by atoms with Gasteiger partial charge in [-0.25, -0.2) is 0 Å². The van der Waals surface area contributed by atoms with E-state index in [-0.39, 0.29) is 23.2 Å². The minimum atomic E-state index is -1.81. The van der Waals surface area contributed by atoms with Crippen LogP contribution in [-0.4, -0.2) is 39.0 Å². The monoisotopic (exact) mass is 484 g/mol. The lowest BCUT2D eigenvalue weighted by atomic mass is 9.82. The van der Waals surface area contributed by atoms with Gasteiger partial charge < -0.3 is 9.53 Å². The Labute approximate surface area is 161 Å². The smallest absolute Gasteiger partial charge is 0.192 e. The summed E-state index contributed by atoms with van der Waals surface area (Å²) in [5, 5.41) is 11.7. The quantitative estimate of drug-likeness (QED) is 0.386. The fourth-order valence-electron chi connectivity index (χ4n) is 2.76. The second-order valence-electron chi connectivity index (χ2n) is 9.36. The number of aliphatic hydroxyl groups is 1. The molecule has 1 fully saturated rings. The zero-order valence-electron chi connectivity index (χ0n) is 16.0. The highest BCUT2D eigenvalue weighted by Crippen LogP contribution is 2.43. The molecule has 23 heavy (non-hydrogen) atoms. The minimum Gasteiger partial charge on any atom is -0.414 e. The van der Waals surface area contributed by atoms with E-state index in [2.05, 4.69) is 85.4 Å². The van der Waals surface area contributed by atoms with Crippen LogP contribution in [0.3, 0.4) is 0 Å². The molecule has 0 aromatic carbocycles. The van der Waals surface area contributed by atoms with Gasteiger partial charge in [0.05, 0.1) is 20.3 Å². The molecule has 0 aromatic rings. The maximum atomic E-state index is 10.7. The van der Waals surface area contributed by atoms with Crippen LogP contribution in [0.4, 0.5) is 0 Å². The predicted octanol–water partition coefficient (Wildman–Crippen LogP) is 6.07. The zero-order chi connectivity index (χ0) is 18.2. The normalized spacial score (nSPS) is 29.6. The standard InChI is InChI=1S/C17H34Br2O2Si2/c1-17(2,3)23(7,8)21-12-9-13(16(19)22(4,5)6)14(11-18)15(20)10-12/h12,14-15,20H,9-11H2,1-8H3/t12-,14+,15+/m1/s1. The summed E-state index contributed by atoms with van der Waals surface area (Å²) in [4.78, 5) is 0. The van der Waals surface area contributed by atoms with Crippen molar-refractivity contribution in [3.8, 4) is 0 Å². The summed E-state index contributed by atoms with van der Waals surface area (Å²) in [5.41, 5.74) is 1.38. The lowest BCUT2D eigenvalue weighted by Crippen LogP contribution is -2.47. The molecule has 2 nitrogen and oxygen atoms in total. The number of hydrogen-bond acceptors (Lipinski definition) is 2. The molecule has 6 heteroatoms. The molecule has 0 aromatic heterocycles. The summed E-state index contributed by atoms with van der Waals surface area (Å²) in [6.07, 6.45) is 1.51. The highest BCUT2D eigenvalue weighted by atomic mass is 79.9. The average molecular weight is 486 g/mol. The van der Waals surface area contributed by atoms with E-state index in [4.69, 9.17) is 4.43 Å². The van der Waals surface area contributed by atoms with Crippen molar-refractivity contribution >= 4 is 48.3 Å². The Bertz CT molecular complexity index is 450. The van der Waals surface area contributed by atoms with Gasteiger partial charge >= 0.3 is 0 Å². The zero-order valence-corrected chi connectivity index (χ0v) is 21.1. The van der Waals surface area contributed by atoms with Crippen LogP contribution < -0.4 is 0 Å². The van der Waals surface area contributed by atoms with Gasteiger partial charge in [-0.3, -0.25) is 0 Å². The van der Waals surface area contributed by atoms with Gasteiger partial charge in [0.25, 0.3) is 0 Å². The molecular formula is C17H34Br2O2Si2. The van der Waals surface area contributed by atoms with E-state index in [9.17, 15) is 5.11 Å². The van der Waals surface area contributed by atoms with E-state index >= 15 is 0 Å². The summed E-state index contributed by atoms with van der Waals surface area (Å²) in [6, 6.07) is 0. The van der Waals surface area contributed by atoms with Crippen molar-refractivity contribution in [2.45, 2.75) is 83.6 Å². The van der Waals surface area contributed by atoms with Crippen molar-refractivity contribution in [3.05, 3.63) is 9.68 Å². The summed E-state index contributed by atoms with van der Waals surface area (Å²) < 4.78 is 7.98. The summed E-state index contributed by atoms with van der Waals surface area (Å²) in [5.74, 6) is 0.204. The fourth-order valence-corrected chi connectivity index (χ4v) is 6.65. The molecule has 0 radical (unpaired) electrons. The van der Waals surface area contributed by atoms with Crippen molar-refractivity contribution in [3.63, 3.8) is 0 Å². The van der Waals surface area contributed by atoms with Gasteiger partial charge in [0.1, 0.15) is 0 Å². The van der Waals surface area contributed by atoms with Gasteiger partial charge in [0, 0.05) is 11.2 Å². The molecular weight excluding hydrogens is 452 g/mol. The third kappa shape index (κ3) is 5.51.